The maximum atomic E-state index is 12.1. The first-order chi connectivity index (χ1) is 10.5. The van der Waals surface area contributed by atoms with Crippen molar-refractivity contribution >= 4 is 29.1 Å². The molecule has 2 rings (SSSR count). The average Bonchev–Trinajstić information content (AvgIpc) is 2.88. The molecule has 1 aliphatic rings. The quantitative estimate of drug-likeness (QED) is 0.816. The number of rotatable bonds is 6. The van der Waals surface area contributed by atoms with Gasteiger partial charge in [-0.05, 0) is 31.0 Å². The van der Waals surface area contributed by atoms with Gasteiger partial charge in [0.05, 0.1) is 5.92 Å². The molecule has 1 aromatic carbocycles. The third-order valence-electron chi connectivity index (χ3n) is 3.79. The molecule has 5 nitrogen and oxygen atoms in total. The number of nitrogens with zero attached hydrogens (tertiary/aromatic N) is 1. The van der Waals surface area contributed by atoms with Crippen molar-refractivity contribution in [3.63, 3.8) is 0 Å². The number of carbonyl (C=O) groups is 2. The molecule has 0 aliphatic carbocycles. The summed E-state index contributed by atoms with van der Waals surface area (Å²) in [6.45, 7) is 3.48. The Morgan fingerprint density at radius 3 is 2.95 bits per heavy atom. The lowest BCUT2D eigenvalue weighted by molar-refractivity contribution is -0.126. The molecular weight excluding hydrogens is 304 g/mol. The minimum Gasteiger partial charge on any atom is -0.385 e. The summed E-state index contributed by atoms with van der Waals surface area (Å²) in [5.41, 5.74) is 1.71. The lowest BCUT2D eigenvalue weighted by Crippen LogP contribution is -2.33. The molecule has 0 saturated carbocycles. The minimum atomic E-state index is -0.310. The molecule has 1 N–H and O–H groups in total. The Bertz CT molecular complexity index is 562. The molecule has 1 atom stereocenters. The number of carbonyl (C=O) groups excluding carboxylic acids is 2. The van der Waals surface area contributed by atoms with Crippen LogP contribution in [-0.2, 0) is 14.3 Å². The number of halogens is 1. The molecule has 22 heavy (non-hydrogen) atoms. The van der Waals surface area contributed by atoms with E-state index in [1.807, 2.05) is 19.1 Å². The fourth-order valence-electron chi connectivity index (χ4n) is 2.45. The van der Waals surface area contributed by atoms with Crippen LogP contribution in [0.2, 0.25) is 5.02 Å². The van der Waals surface area contributed by atoms with Gasteiger partial charge in [0.25, 0.3) is 0 Å². The van der Waals surface area contributed by atoms with E-state index in [4.69, 9.17) is 16.3 Å². The molecule has 120 valence electrons. The third kappa shape index (κ3) is 3.99. The first-order valence-corrected chi connectivity index (χ1v) is 7.74. The smallest absolute Gasteiger partial charge is 0.227 e. The lowest BCUT2D eigenvalue weighted by atomic mass is 10.1. The Morgan fingerprint density at radius 2 is 2.27 bits per heavy atom. The summed E-state index contributed by atoms with van der Waals surface area (Å²) in [4.78, 5) is 25.9. The fourth-order valence-corrected chi connectivity index (χ4v) is 2.63. The van der Waals surface area contributed by atoms with Gasteiger partial charge in [-0.3, -0.25) is 9.59 Å². The van der Waals surface area contributed by atoms with E-state index in [1.165, 1.54) is 0 Å². The van der Waals surface area contributed by atoms with Gasteiger partial charge in [0, 0.05) is 43.9 Å². The Labute approximate surface area is 135 Å². The van der Waals surface area contributed by atoms with Crippen LogP contribution in [0, 0.1) is 12.8 Å². The molecule has 1 saturated heterocycles. The monoisotopic (exact) mass is 324 g/mol. The van der Waals surface area contributed by atoms with E-state index in [0.717, 1.165) is 17.7 Å². The summed E-state index contributed by atoms with van der Waals surface area (Å²) < 4.78 is 4.94. The topological polar surface area (TPSA) is 58.6 Å². The standard InChI is InChI=1S/C16H21ClN2O3/c1-11-4-5-13(9-14(11)17)19-10-12(8-15(19)20)16(21)18-6-3-7-22-2/h4-5,9,12H,3,6-8,10H2,1-2H3,(H,18,21)/t12-/m1/s1. The Morgan fingerprint density at radius 1 is 1.50 bits per heavy atom. The van der Waals surface area contributed by atoms with Crippen molar-refractivity contribution in [3.8, 4) is 0 Å². The molecule has 0 bridgehead atoms. The summed E-state index contributed by atoms with van der Waals surface area (Å²) in [7, 11) is 1.63. The van der Waals surface area contributed by atoms with Crippen LogP contribution in [0.5, 0.6) is 0 Å². The summed E-state index contributed by atoms with van der Waals surface area (Å²) in [6.07, 6.45) is 1.00. The third-order valence-corrected chi connectivity index (χ3v) is 4.19. The molecule has 6 heteroatoms. The molecule has 0 spiro atoms. The zero-order valence-corrected chi connectivity index (χ0v) is 13.7. The van der Waals surface area contributed by atoms with Crippen LogP contribution in [0.25, 0.3) is 0 Å². The van der Waals surface area contributed by atoms with E-state index in [-0.39, 0.29) is 24.2 Å². The summed E-state index contributed by atoms with van der Waals surface area (Å²) >= 11 is 6.11. The number of amides is 2. The van der Waals surface area contributed by atoms with Gasteiger partial charge < -0.3 is 15.0 Å². The zero-order valence-electron chi connectivity index (χ0n) is 12.9. The normalized spacial score (nSPS) is 17.9. The summed E-state index contributed by atoms with van der Waals surface area (Å²) in [6, 6.07) is 5.51. The van der Waals surface area contributed by atoms with Gasteiger partial charge in [-0.1, -0.05) is 17.7 Å². The molecule has 0 aromatic heterocycles. The van der Waals surface area contributed by atoms with Crippen molar-refractivity contribution in [2.24, 2.45) is 5.92 Å². The first-order valence-electron chi connectivity index (χ1n) is 7.36. The molecule has 1 fully saturated rings. The number of anilines is 1. The van der Waals surface area contributed by atoms with E-state index in [1.54, 1.807) is 18.1 Å². The highest BCUT2D eigenvalue weighted by Crippen LogP contribution is 2.28. The Balaban J connectivity index is 1.95. The highest BCUT2D eigenvalue weighted by atomic mass is 35.5. The van der Waals surface area contributed by atoms with Gasteiger partial charge in [-0.25, -0.2) is 0 Å². The second-order valence-corrected chi connectivity index (χ2v) is 5.88. The predicted octanol–water partition coefficient (Wildman–Crippen LogP) is 2.15. The molecular formula is C16H21ClN2O3. The maximum absolute atomic E-state index is 12.1. The average molecular weight is 325 g/mol. The number of hydrogen-bond acceptors (Lipinski definition) is 3. The van der Waals surface area contributed by atoms with E-state index in [0.29, 0.717) is 24.7 Å². The van der Waals surface area contributed by atoms with E-state index in [2.05, 4.69) is 5.32 Å². The van der Waals surface area contributed by atoms with Crippen molar-refractivity contribution < 1.29 is 14.3 Å². The van der Waals surface area contributed by atoms with Gasteiger partial charge in [0.15, 0.2) is 0 Å². The second-order valence-electron chi connectivity index (χ2n) is 5.48. The fraction of sp³-hybridized carbons (Fsp3) is 0.500. The van der Waals surface area contributed by atoms with Crippen LogP contribution in [0.4, 0.5) is 5.69 Å². The number of benzene rings is 1. The summed E-state index contributed by atoms with van der Waals surface area (Å²) in [5, 5.41) is 3.47. The lowest BCUT2D eigenvalue weighted by Gasteiger charge is -2.17. The zero-order chi connectivity index (χ0) is 16.1. The van der Waals surface area contributed by atoms with Crippen LogP contribution in [0.15, 0.2) is 18.2 Å². The van der Waals surface area contributed by atoms with Crippen LogP contribution in [0.3, 0.4) is 0 Å². The Hall–Kier alpha value is -1.59. The molecule has 2 amide bonds. The Kier molecular flexibility index (Phi) is 5.80. The number of ether oxygens (including phenoxy) is 1. The van der Waals surface area contributed by atoms with Crippen molar-refractivity contribution in [2.45, 2.75) is 19.8 Å². The SMILES string of the molecule is COCCCNC(=O)[C@@H]1CC(=O)N(c2ccc(C)c(Cl)c2)C1. The van der Waals surface area contributed by atoms with Gasteiger partial charge >= 0.3 is 0 Å². The van der Waals surface area contributed by atoms with Crippen LogP contribution >= 0.6 is 11.6 Å². The molecule has 1 aromatic rings. The minimum absolute atomic E-state index is 0.0445. The molecule has 1 aliphatic heterocycles. The van der Waals surface area contributed by atoms with Crippen LogP contribution < -0.4 is 10.2 Å². The largest absolute Gasteiger partial charge is 0.385 e. The van der Waals surface area contributed by atoms with Gasteiger partial charge in [-0.2, -0.15) is 0 Å². The van der Waals surface area contributed by atoms with Gasteiger partial charge in [-0.15, -0.1) is 0 Å². The number of aryl methyl sites for hydroxylation is 1. The number of nitrogens with one attached hydrogen (secondary N) is 1. The van der Waals surface area contributed by atoms with Crippen molar-refractivity contribution in [2.75, 3.05) is 31.7 Å². The number of methoxy groups -OCH3 is 1. The first kappa shape index (κ1) is 16.8. The van der Waals surface area contributed by atoms with Crippen LogP contribution in [-0.4, -0.2) is 38.6 Å². The molecule has 0 unspecified atom stereocenters. The van der Waals surface area contributed by atoms with Crippen molar-refractivity contribution in [1.82, 2.24) is 5.32 Å². The molecule has 1 heterocycles. The predicted molar refractivity (Wildman–Crippen MR) is 86.2 cm³/mol. The van der Waals surface area contributed by atoms with Crippen molar-refractivity contribution in [1.29, 1.82) is 0 Å². The highest BCUT2D eigenvalue weighted by molar-refractivity contribution is 6.31. The van der Waals surface area contributed by atoms with Crippen LogP contribution in [0.1, 0.15) is 18.4 Å². The maximum Gasteiger partial charge on any atom is 0.227 e. The van der Waals surface area contributed by atoms with Crippen molar-refractivity contribution in [3.05, 3.63) is 28.8 Å². The summed E-state index contributed by atoms with van der Waals surface area (Å²) in [5.74, 6) is -0.433. The van der Waals surface area contributed by atoms with E-state index < -0.39 is 0 Å². The highest BCUT2D eigenvalue weighted by Gasteiger charge is 2.35. The van der Waals surface area contributed by atoms with Gasteiger partial charge in [0.1, 0.15) is 0 Å². The van der Waals surface area contributed by atoms with E-state index >= 15 is 0 Å². The second kappa shape index (κ2) is 7.61. The molecule has 0 radical (unpaired) electrons. The van der Waals surface area contributed by atoms with Gasteiger partial charge in [0.2, 0.25) is 11.8 Å². The van der Waals surface area contributed by atoms with E-state index in [9.17, 15) is 9.59 Å². The number of hydrogen-bond donors (Lipinski definition) is 1.